The molecule has 1 saturated heterocycles. The highest BCUT2D eigenvalue weighted by Gasteiger charge is 2.35. The van der Waals surface area contributed by atoms with E-state index in [0.717, 1.165) is 11.3 Å². The number of carbonyl (C=O) groups excluding carboxylic acids is 3. The van der Waals surface area contributed by atoms with Crippen LogP contribution in [0.2, 0.25) is 0 Å². The lowest BCUT2D eigenvalue weighted by molar-refractivity contribution is -0.122. The number of fused-ring (bicyclic) bond motifs is 1. The van der Waals surface area contributed by atoms with Crippen molar-refractivity contribution in [1.82, 2.24) is 0 Å². The van der Waals surface area contributed by atoms with E-state index >= 15 is 0 Å². The van der Waals surface area contributed by atoms with Crippen LogP contribution in [0, 0.1) is 12.8 Å². The monoisotopic (exact) mass is 379 g/mol. The Balaban J connectivity index is 1.44. The predicted molar refractivity (Wildman–Crippen MR) is 105 cm³/mol. The Hall–Kier alpha value is -3.35. The zero-order valence-corrected chi connectivity index (χ0v) is 15.7. The summed E-state index contributed by atoms with van der Waals surface area (Å²) in [4.78, 5) is 38.4. The molecule has 2 heterocycles. The third-order valence-corrected chi connectivity index (χ3v) is 5.02. The molecule has 7 nitrogen and oxygen atoms in total. The van der Waals surface area contributed by atoms with Crippen LogP contribution >= 0.6 is 0 Å². The molecule has 2 aromatic rings. The predicted octanol–water partition coefficient (Wildman–Crippen LogP) is 2.71. The molecule has 3 amide bonds. The van der Waals surface area contributed by atoms with Gasteiger partial charge in [-0.25, -0.2) is 0 Å². The number of ether oxygens (including phenoxy) is 1. The van der Waals surface area contributed by atoms with E-state index in [4.69, 9.17) is 4.74 Å². The molecule has 0 aliphatic carbocycles. The molecule has 2 N–H and O–H groups in total. The molecule has 2 atom stereocenters. The molecule has 0 aromatic heterocycles. The van der Waals surface area contributed by atoms with E-state index in [-0.39, 0.29) is 24.1 Å². The van der Waals surface area contributed by atoms with Crippen LogP contribution in [0.3, 0.4) is 0 Å². The van der Waals surface area contributed by atoms with Gasteiger partial charge in [0.1, 0.15) is 5.75 Å². The first kappa shape index (κ1) is 18.0. The van der Waals surface area contributed by atoms with E-state index in [0.29, 0.717) is 23.7 Å². The van der Waals surface area contributed by atoms with Crippen molar-refractivity contribution in [3.63, 3.8) is 0 Å². The van der Waals surface area contributed by atoms with Crippen molar-refractivity contribution < 1.29 is 19.1 Å². The van der Waals surface area contributed by atoms with Crippen LogP contribution in [-0.4, -0.2) is 30.4 Å². The van der Waals surface area contributed by atoms with Crippen LogP contribution in [-0.2, 0) is 14.4 Å². The van der Waals surface area contributed by atoms with Gasteiger partial charge in [-0.2, -0.15) is 0 Å². The van der Waals surface area contributed by atoms with Crippen LogP contribution in [0.25, 0.3) is 0 Å². The Morgan fingerprint density at radius 1 is 1.18 bits per heavy atom. The smallest absolute Gasteiger partial charge is 0.265 e. The minimum atomic E-state index is -0.551. The lowest BCUT2D eigenvalue weighted by atomic mass is 10.1. The van der Waals surface area contributed by atoms with Gasteiger partial charge in [0, 0.05) is 24.3 Å². The first-order chi connectivity index (χ1) is 13.4. The lowest BCUT2D eigenvalue weighted by Crippen LogP contribution is -2.34. The van der Waals surface area contributed by atoms with Gasteiger partial charge in [0.2, 0.25) is 11.8 Å². The van der Waals surface area contributed by atoms with E-state index < -0.39 is 12.0 Å². The van der Waals surface area contributed by atoms with Gasteiger partial charge in [0.15, 0.2) is 6.10 Å². The molecular weight excluding hydrogens is 358 g/mol. The zero-order valence-electron chi connectivity index (χ0n) is 15.7. The maximum atomic E-state index is 12.7. The summed E-state index contributed by atoms with van der Waals surface area (Å²) >= 11 is 0. The van der Waals surface area contributed by atoms with Gasteiger partial charge in [-0.15, -0.1) is 0 Å². The van der Waals surface area contributed by atoms with Gasteiger partial charge < -0.3 is 20.3 Å². The van der Waals surface area contributed by atoms with Crippen LogP contribution in [0.4, 0.5) is 17.1 Å². The van der Waals surface area contributed by atoms with Gasteiger partial charge in [-0.3, -0.25) is 14.4 Å². The minimum absolute atomic E-state index is 0.0657. The molecule has 0 saturated carbocycles. The molecule has 2 aliphatic rings. The highest BCUT2D eigenvalue weighted by Crippen LogP contribution is 2.33. The van der Waals surface area contributed by atoms with E-state index in [1.165, 1.54) is 0 Å². The van der Waals surface area contributed by atoms with Crippen molar-refractivity contribution in [2.75, 3.05) is 22.1 Å². The number of aryl methyl sites for hydroxylation is 1. The van der Waals surface area contributed by atoms with Gasteiger partial charge in [0.05, 0.1) is 11.6 Å². The van der Waals surface area contributed by atoms with Crippen molar-refractivity contribution in [1.29, 1.82) is 0 Å². The number of nitrogens with one attached hydrogen (secondary N) is 2. The van der Waals surface area contributed by atoms with Crippen LogP contribution in [0.15, 0.2) is 42.5 Å². The molecule has 0 spiro atoms. The van der Waals surface area contributed by atoms with Crippen molar-refractivity contribution in [3.05, 3.63) is 48.0 Å². The molecule has 2 aliphatic heterocycles. The van der Waals surface area contributed by atoms with Crippen molar-refractivity contribution in [2.24, 2.45) is 5.92 Å². The molecule has 0 bridgehead atoms. The Kier molecular flexibility index (Phi) is 4.50. The van der Waals surface area contributed by atoms with Crippen molar-refractivity contribution in [3.8, 4) is 5.75 Å². The fourth-order valence-electron chi connectivity index (χ4n) is 3.39. The second kappa shape index (κ2) is 6.99. The summed E-state index contributed by atoms with van der Waals surface area (Å²) in [5.74, 6) is -0.392. The van der Waals surface area contributed by atoms with Crippen LogP contribution in [0.5, 0.6) is 5.75 Å². The second-order valence-corrected chi connectivity index (χ2v) is 7.19. The number of amides is 3. The summed E-state index contributed by atoms with van der Waals surface area (Å²) in [6, 6.07) is 12.8. The number of hydrogen-bond acceptors (Lipinski definition) is 4. The molecule has 28 heavy (non-hydrogen) atoms. The molecule has 0 radical (unpaired) electrons. The Labute approximate surface area is 162 Å². The third kappa shape index (κ3) is 3.43. The molecular formula is C21H21N3O4. The number of anilines is 3. The van der Waals surface area contributed by atoms with E-state index in [2.05, 4.69) is 10.6 Å². The summed E-state index contributed by atoms with van der Waals surface area (Å²) in [5, 5.41) is 5.59. The fourth-order valence-corrected chi connectivity index (χ4v) is 3.39. The summed E-state index contributed by atoms with van der Waals surface area (Å²) in [6.45, 7) is 4.00. The number of nitrogens with zero attached hydrogens (tertiary/aromatic N) is 1. The number of carbonyl (C=O) groups is 3. The molecule has 0 unspecified atom stereocenters. The lowest BCUT2D eigenvalue weighted by Gasteiger charge is -2.24. The molecule has 144 valence electrons. The standard InChI is InChI=1S/C21H21N3O4/c1-12-3-6-16(7-4-12)24-11-14(9-19(24)25)21(27)22-15-5-8-18-17(10-15)23-20(26)13(2)28-18/h3-8,10,13-14H,9,11H2,1-2H3,(H,22,27)(H,23,26)/t13-,14-/m1/s1. The largest absolute Gasteiger partial charge is 0.479 e. The van der Waals surface area contributed by atoms with Gasteiger partial charge in [-0.05, 0) is 44.2 Å². The topological polar surface area (TPSA) is 87.7 Å². The third-order valence-electron chi connectivity index (χ3n) is 5.02. The SMILES string of the molecule is Cc1ccc(N2C[C@H](C(=O)Nc3ccc4c(c3)NC(=O)[C@@H](C)O4)CC2=O)cc1. The first-order valence-corrected chi connectivity index (χ1v) is 9.20. The number of benzene rings is 2. The maximum Gasteiger partial charge on any atom is 0.265 e. The molecule has 4 rings (SSSR count). The van der Waals surface area contributed by atoms with E-state index in [9.17, 15) is 14.4 Å². The molecule has 7 heteroatoms. The highest BCUT2D eigenvalue weighted by atomic mass is 16.5. The Morgan fingerprint density at radius 2 is 1.93 bits per heavy atom. The Morgan fingerprint density at radius 3 is 2.68 bits per heavy atom. The second-order valence-electron chi connectivity index (χ2n) is 7.19. The summed E-state index contributed by atoms with van der Waals surface area (Å²) in [6.07, 6.45) is -0.382. The van der Waals surface area contributed by atoms with E-state index in [1.54, 1.807) is 30.0 Å². The average molecular weight is 379 g/mol. The van der Waals surface area contributed by atoms with Gasteiger partial charge in [-0.1, -0.05) is 17.7 Å². The fraction of sp³-hybridized carbons (Fsp3) is 0.286. The van der Waals surface area contributed by atoms with Crippen molar-refractivity contribution >= 4 is 34.8 Å². The quantitative estimate of drug-likeness (QED) is 0.858. The Bertz CT molecular complexity index is 955. The van der Waals surface area contributed by atoms with Crippen LogP contribution < -0.4 is 20.3 Å². The minimum Gasteiger partial charge on any atom is -0.479 e. The van der Waals surface area contributed by atoms with Crippen LogP contribution in [0.1, 0.15) is 18.9 Å². The van der Waals surface area contributed by atoms with Gasteiger partial charge in [0.25, 0.3) is 5.91 Å². The molecule has 1 fully saturated rings. The van der Waals surface area contributed by atoms with E-state index in [1.807, 2.05) is 31.2 Å². The summed E-state index contributed by atoms with van der Waals surface area (Å²) in [5.41, 5.74) is 2.98. The molecule has 2 aromatic carbocycles. The number of hydrogen-bond donors (Lipinski definition) is 2. The summed E-state index contributed by atoms with van der Waals surface area (Å²) < 4.78 is 5.51. The normalized spacial score (nSPS) is 21.0. The maximum absolute atomic E-state index is 12.7. The number of rotatable bonds is 3. The first-order valence-electron chi connectivity index (χ1n) is 9.20. The highest BCUT2D eigenvalue weighted by molar-refractivity contribution is 6.04. The average Bonchev–Trinajstić information content (AvgIpc) is 3.05. The van der Waals surface area contributed by atoms with Gasteiger partial charge >= 0.3 is 0 Å². The zero-order chi connectivity index (χ0) is 19.8. The summed E-state index contributed by atoms with van der Waals surface area (Å²) in [7, 11) is 0. The van der Waals surface area contributed by atoms with Crippen molar-refractivity contribution in [2.45, 2.75) is 26.4 Å².